The van der Waals surface area contributed by atoms with E-state index in [9.17, 15) is 0 Å². The van der Waals surface area contributed by atoms with Gasteiger partial charge in [0.2, 0.25) is 0 Å². The van der Waals surface area contributed by atoms with Crippen LogP contribution in [0.2, 0.25) is 0 Å². The molecule has 2 aromatic carbocycles. The zero-order valence-corrected chi connectivity index (χ0v) is 16.1. The molecule has 4 rings (SSSR count). The van der Waals surface area contributed by atoms with Crippen molar-refractivity contribution in [2.24, 2.45) is 0 Å². The molecule has 142 valence electrons. The Labute approximate surface area is 164 Å². The Bertz CT molecular complexity index is 1050. The lowest BCUT2D eigenvalue weighted by molar-refractivity contribution is 0.408. The lowest BCUT2D eigenvalue weighted by atomic mass is 10.1. The minimum Gasteiger partial charge on any atom is -0.496 e. The number of methoxy groups -OCH3 is 1. The Hall–Kier alpha value is -3.41. The summed E-state index contributed by atoms with van der Waals surface area (Å²) in [6.07, 6.45) is 4.33. The minimum atomic E-state index is 0.751. The highest BCUT2D eigenvalue weighted by Gasteiger charge is 2.19. The molecular weight excluding hydrogens is 350 g/mol. The molecule has 4 aromatic rings. The topological polar surface area (TPSA) is 57.8 Å². The van der Waals surface area contributed by atoms with Crippen molar-refractivity contribution in [3.05, 3.63) is 72.8 Å². The maximum absolute atomic E-state index is 5.50. The summed E-state index contributed by atoms with van der Waals surface area (Å²) in [4.78, 5) is 9.25. The smallest absolute Gasteiger partial charge is 0.177 e. The average molecular weight is 373 g/mol. The Morgan fingerprint density at radius 3 is 2.54 bits per heavy atom. The van der Waals surface area contributed by atoms with E-state index < -0.39 is 0 Å². The normalized spacial score (nSPS) is 10.9. The summed E-state index contributed by atoms with van der Waals surface area (Å²) in [6, 6.07) is 18.3. The second kappa shape index (κ2) is 8.08. The van der Waals surface area contributed by atoms with E-state index in [0.29, 0.717) is 0 Å². The number of nitrogens with zero attached hydrogens (tertiary/aromatic N) is 5. The Kier molecular flexibility index (Phi) is 5.19. The second-order valence-electron chi connectivity index (χ2n) is 6.46. The molecule has 28 heavy (non-hydrogen) atoms. The maximum atomic E-state index is 5.50. The quantitative estimate of drug-likeness (QED) is 0.490. The molecule has 0 amide bonds. The van der Waals surface area contributed by atoms with E-state index in [-0.39, 0.29) is 0 Å². The van der Waals surface area contributed by atoms with Gasteiger partial charge in [0.1, 0.15) is 17.8 Å². The minimum absolute atomic E-state index is 0.751. The number of benzene rings is 2. The lowest BCUT2D eigenvalue weighted by Crippen LogP contribution is -2.08. The molecule has 0 saturated heterocycles. The van der Waals surface area contributed by atoms with Crippen LogP contribution in [-0.4, -0.2) is 31.4 Å². The third-order valence-corrected chi connectivity index (χ3v) is 4.83. The summed E-state index contributed by atoms with van der Waals surface area (Å²) in [6.45, 7) is 3.59. The average Bonchev–Trinajstić information content (AvgIpc) is 3.39. The molecule has 0 spiro atoms. The largest absolute Gasteiger partial charge is 0.496 e. The molecule has 0 unspecified atom stereocenters. The van der Waals surface area contributed by atoms with Crippen LogP contribution in [0.5, 0.6) is 5.75 Å². The van der Waals surface area contributed by atoms with Crippen LogP contribution in [0, 0.1) is 0 Å². The highest BCUT2D eigenvalue weighted by Crippen LogP contribution is 2.30. The van der Waals surface area contributed by atoms with Crippen LogP contribution in [0.4, 0.5) is 0 Å². The number of imidazole rings is 1. The SMILES string of the molecule is CCn1ncnc1-c1c(-c2ccccc2)ncn1CCc1ccccc1OC. The fourth-order valence-electron chi connectivity index (χ4n) is 3.42. The third kappa shape index (κ3) is 3.41. The maximum Gasteiger partial charge on any atom is 0.177 e. The van der Waals surface area contributed by atoms with Gasteiger partial charge < -0.3 is 9.30 Å². The van der Waals surface area contributed by atoms with Crippen molar-refractivity contribution in [3.63, 3.8) is 0 Å². The van der Waals surface area contributed by atoms with E-state index >= 15 is 0 Å². The van der Waals surface area contributed by atoms with E-state index in [1.165, 1.54) is 5.56 Å². The number of aryl methyl sites for hydroxylation is 3. The fourth-order valence-corrected chi connectivity index (χ4v) is 3.42. The lowest BCUT2D eigenvalue weighted by Gasteiger charge is -2.12. The molecule has 0 fully saturated rings. The summed E-state index contributed by atoms with van der Waals surface area (Å²) in [7, 11) is 1.71. The summed E-state index contributed by atoms with van der Waals surface area (Å²) in [5, 5.41) is 4.36. The van der Waals surface area contributed by atoms with Crippen LogP contribution in [0.25, 0.3) is 22.8 Å². The monoisotopic (exact) mass is 373 g/mol. The van der Waals surface area contributed by atoms with Gasteiger partial charge in [0.15, 0.2) is 5.82 Å². The van der Waals surface area contributed by atoms with Gasteiger partial charge in [0, 0.05) is 18.7 Å². The molecule has 2 heterocycles. The molecule has 0 saturated carbocycles. The first-order valence-electron chi connectivity index (χ1n) is 9.42. The molecule has 0 aliphatic carbocycles. The van der Waals surface area contributed by atoms with Crippen molar-refractivity contribution in [1.29, 1.82) is 0 Å². The van der Waals surface area contributed by atoms with Crippen LogP contribution < -0.4 is 4.74 Å². The summed E-state index contributed by atoms with van der Waals surface area (Å²) in [5.41, 5.74) is 4.14. The molecule has 6 heteroatoms. The number of para-hydroxylation sites is 1. The number of hydrogen-bond donors (Lipinski definition) is 0. The zero-order valence-electron chi connectivity index (χ0n) is 16.1. The first kappa shape index (κ1) is 18.0. The molecule has 0 atom stereocenters. The first-order chi connectivity index (χ1) is 13.8. The molecule has 0 radical (unpaired) electrons. The van der Waals surface area contributed by atoms with E-state index in [4.69, 9.17) is 9.72 Å². The molecule has 0 aliphatic heterocycles. The highest BCUT2D eigenvalue weighted by atomic mass is 16.5. The molecule has 0 aliphatic rings. The second-order valence-corrected chi connectivity index (χ2v) is 6.46. The predicted octanol–water partition coefficient (Wildman–Crippen LogP) is 4.08. The van der Waals surface area contributed by atoms with Crippen molar-refractivity contribution in [3.8, 4) is 28.5 Å². The van der Waals surface area contributed by atoms with Crippen LogP contribution >= 0.6 is 0 Å². The van der Waals surface area contributed by atoms with Crippen LogP contribution in [-0.2, 0) is 19.5 Å². The highest BCUT2D eigenvalue weighted by molar-refractivity contribution is 5.75. The van der Waals surface area contributed by atoms with E-state index in [1.807, 2.05) is 47.4 Å². The molecule has 0 N–H and O–H groups in total. The van der Waals surface area contributed by atoms with Crippen LogP contribution in [0.15, 0.2) is 67.3 Å². The van der Waals surface area contributed by atoms with Gasteiger partial charge in [-0.15, -0.1) is 0 Å². The van der Waals surface area contributed by atoms with Crippen molar-refractivity contribution < 1.29 is 4.74 Å². The van der Waals surface area contributed by atoms with Gasteiger partial charge in [-0.2, -0.15) is 5.10 Å². The zero-order chi connectivity index (χ0) is 19.3. The Balaban J connectivity index is 1.74. The number of ether oxygens (including phenoxy) is 1. The Morgan fingerprint density at radius 1 is 0.964 bits per heavy atom. The summed E-state index contributed by atoms with van der Waals surface area (Å²) in [5.74, 6) is 1.74. The Morgan fingerprint density at radius 2 is 1.75 bits per heavy atom. The summed E-state index contributed by atoms with van der Waals surface area (Å²) < 4.78 is 9.56. The van der Waals surface area contributed by atoms with Gasteiger partial charge in [-0.3, -0.25) is 0 Å². The standard InChI is InChI=1S/C22H23N5O/c1-3-27-22(23-15-25-27)21-20(18-10-5-4-6-11-18)24-16-26(21)14-13-17-9-7-8-12-19(17)28-2/h4-12,15-16H,3,13-14H2,1-2H3. The van der Waals surface area contributed by atoms with Crippen LogP contribution in [0.1, 0.15) is 12.5 Å². The van der Waals surface area contributed by atoms with E-state index in [1.54, 1.807) is 13.4 Å². The molecule has 2 aromatic heterocycles. The first-order valence-corrected chi connectivity index (χ1v) is 9.42. The molecule has 0 bridgehead atoms. The van der Waals surface area contributed by atoms with Gasteiger partial charge in [-0.05, 0) is 25.0 Å². The van der Waals surface area contributed by atoms with Gasteiger partial charge >= 0.3 is 0 Å². The van der Waals surface area contributed by atoms with Gasteiger partial charge in [0.05, 0.1) is 19.1 Å². The van der Waals surface area contributed by atoms with E-state index in [2.05, 4.69) is 39.8 Å². The van der Waals surface area contributed by atoms with Gasteiger partial charge in [-0.1, -0.05) is 48.5 Å². The fraction of sp³-hybridized carbons (Fsp3) is 0.227. The molecular formula is C22H23N5O. The van der Waals surface area contributed by atoms with Gasteiger partial charge in [-0.25, -0.2) is 14.6 Å². The van der Waals surface area contributed by atoms with Gasteiger partial charge in [0.25, 0.3) is 0 Å². The third-order valence-electron chi connectivity index (χ3n) is 4.83. The predicted molar refractivity (Wildman–Crippen MR) is 109 cm³/mol. The van der Waals surface area contributed by atoms with Crippen molar-refractivity contribution in [2.45, 2.75) is 26.4 Å². The van der Waals surface area contributed by atoms with E-state index in [0.717, 1.165) is 48.0 Å². The van der Waals surface area contributed by atoms with Crippen LogP contribution in [0.3, 0.4) is 0 Å². The van der Waals surface area contributed by atoms with Crippen molar-refractivity contribution >= 4 is 0 Å². The summed E-state index contributed by atoms with van der Waals surface area (Å²) >= 11 is 0. The number of aromatic nitrogens is 5. The van der Waals surface area contributed by atoms with Crippen molar-refractivity contribution in [2.75, 3.05) is 7.11 Å². The molecule has 6 nitrogen and oxygen atoms in total. The van der Waals surface area contributed by atoms with Crippen molar-refractivity contribution in [1.82, 2.24) is 24.3 Å². The number of rotatable bonds is 7. The number of hydrogen-bond acceptors (Lipinski definition) is 4.